The van der Waals surface area contributed by atoms with E-state index in [-0.39, 0.29) is 52.6 Å². The van der Waals surface area contributed by atoms with Crippen LogP contribution in [0.1, 0.15) is 78.6 Å². The summed E-state index contributed by atoms with van der Waals surface area (Å²) >= 11 is 0. The molecule has 204 valence electrons. The third kappa shape index (κ3) is 3.21. The Morgan fingerprint density at radius 3 is 2.70 bits per heavy atom. The summed E-state index contributed by atoms with van der Waals surface area (Å²) in [7, 11) is 1.65. The second-order valence-electron chi connectivity index (χ2n) is 13.4. The molecule has 0 bridgehead atoms. The van der Waals surface area contributed by atoms with Gasteiger partial charge in [0.05, 0.1) is 18.3 Å². The lowest BCUT2D eigenvalue weighted by Gasteiger charge is -2.58. The van der Waals surface area contributed by atoms with Crippen molar-refractivity contribution in [2.24, 2.45) is 22.7 Å². The smallest absolute Gasteiger partial charge is 0.331 e. The number of aliphatic hydroxyl groups excluding tert-OH is 1. The van der Waals surface area contributed by atoms with E-state index in [9.17, 15) is 9.90 Å². The Morgan fingerprint density at radius 2 is 1.95 bits per heavy atom. The molecule has 0 unspecified atom stereocenters. The molecule has 0 amide bonds. The molecule has 3 heterocycles. The summed E-state index contributed by atoms with van der Waals surface area (Å²) in [6, 6.07) is 0. The number of fused-ring (bicyclic) bond motifs is 2. The zero-order valence-electron chi connectivity index (χ0n) is 22.7. The van der Waals surface area contributed by atoms with E-state index in [1.165, 1.54) is 18.4 Å². The van der Waals surface area contributed by atoms with Crippen LogP contribution in [0.4, 0.5) is 0 Å². The molecule has 0 radical (unpaired) electrons. The van der Waals surface area contributed by atoms with E-state index in [0.29, 0.717) is 24.9 Å². The van der Waals surface area contributed by atoms with Gasteiger partial charge in [0.1, 0.15) is 23.9 Å². The van der Waals surface area contributed by atoms with E-state index in [4.69, 9.17) is 23.7 Å². The van der Waals surface area contributed by atoms with Gasteiger partial charge in [-0.15, -0.1) is 0 Å². The second kappa shape index (κ2) is 8.14. The van der Waals surface area contributed by atoms with Gasteiger partial charge >= 0.3 is 5.97 Å². The van der Waals surface area contributed by atoms with Gasteiger partial charge in [-0.1, -0.05) is 19.9 Å². The van der Waals surface area contributed by atoms with Crippen molar-refractivity contribution in [3.05, 3.63) is 23.3 Å². The lowest BCUT2D eigenvalue weighted by atomic mass is 9.44. The number of epoxide rings is 1. The van der Waals surface area contributed by atoms with Crippen LogP contribution in [0.5, 0.6) is 0 Å². The molecule has 5 fully saturated rings. The van der Waals surface area contributed by atoms with Gasteiger partial charge in [-0.05, 0) is 81.1 Å². The third-order valence-electron chi connectivity index (χ3n) is 12.0. The molecular weight excluding hydrogens is 472 g/mol. The minimum atomic E-state index is -0.611. The Balaban J connectivity index is 1.06. The first-order chi connectivity index (χ1) is 17.7. The Morgan fingerprint density at radius 1 is 1.11 bits per heavy atom. The molecule has 7 aliphatic rings. The molecule has 2 saturated heterocycles. The van der Waals surface area contributed by atoms with E-state index in [0.717, 1.165) is 44.1 Å². The minimum Gasteiger partial charge on any atom is -0.458 e. The topological polar surface area (TPSA) is 86.8 Å². The second-order valence-corrected chi connectivity index (χ2v) is 13.4. The van der Waals surface area contributed by atoms with Crippen molar-refractivity contribution in [1.29, 1.82) is 0 Å². The predicted molar refractivity (Wildman–Crippen MR) is 134 cm³/mol. The van der Waals surface area contributed by atoms with Gasteiger partial charge in [-0.25, -0.2) is 4.79 Å². The maximum absolute atomic E-state index is 11.8. The molecule has 2 spiro atoms. The highest BCUT2D eigenvalue weighted by Gasteiger charge is 2.85. The Hall–Kier alpha value is -1.25. The predicted octanol–water partition coefficient (Wildman–Crippen LogP) is 4.22. The molecule has 0 aromatic carbocycles. The fourth-order valence-corrected chi connectivity index (χ4v) is 10.00. The summed E-state index contributed by atoms with van der Waals surface area (Å²) in [5, 5.41) is 10.3. The van der Waals surface area contributed by atoms with E-state index < -0.39 is 6.10 Å². The van der Waals surface area contributed by atoms with Crippen LogP contribution in [0.3, 0.4) is 0 Å². The van der Waals surface area contributed by atoms with Gasteiger partial charge < -0.3 is 28.8 Å². The molecule has 0 aromatic heterocycles. The van der Waals surface area contributed by atoms with Gasteiger partial charge in [-0.2, -0.15) is 0 Å². The standard InChI is InChI=1S/C30H42O7/c1-17-26(32)22(33-4)15-25(35-17)36-20-6-9-27(2)19(14-20)5-11-29-23(27)8-10-28(3)21(7-12-30(28,29)37-29)18-13-24(31)34-16-18/h7,13,17,19-20,22-23,25-26,32H,5-6,8-12,14-16H2,1-4H3/t17-,19-,20+,22+,23-,25+,26+,27+,28-,29+,30-/m1/s1. The SMILES string of the molecule is CO[C@H]1C[C@H](O[C@H]2CC[C@@]3(C)[C@H](CC[C@@]45O[C@@]46CC=C(C4=CC(=O)OC4)[C@@]6(C)CC[C@H]35)C2)O[C@H](C)[C@@H]1O. The maximum atomic E-state index is 11.8. The quantitative estimate of drug-likeness (QED) is 0.341. The highest BCUT2D eigenvalue weighted by atomic mass is 16.7. The van der Waals surface area contributed by atoms with Gasteiger partial charge in [0.2, 0.25) is 0 Å². The Labute approximate surface area is 219 Å². The number of esters is 1. The zero-order valence-corrected chi connectivity index (χ0v) is 22.7. The molecule has 7 nitrogen and oxygen atoms in total. The summed E-state index contributed by atoms with van der Waals surface area (Å²) in [5.74, 6) is 0.971. The first-order valence-electron chi connectivity index (χ1n) is 14.5. The average Bonchev–Trinajstić information content (AvgIpc) is 3.18. The van der Waals surface area contributed by atoms with E-state index >= 15 is 0 Å². The van der Waals surface area contributed by atoms with Crippen molar-refractivity contribution in [2.45, 2.75) is 120 Å². The lowest BCUT2D eigenvalue weighted by molar-refractivity contribution is -0.271. The van der Waals surface area contributed by atoms with Crippen LogP contribution in [0.25, 0.3) is 0 Å². The first kappa shape index (κ1) is 24.8. The summed E-state index contributed by atoms with van der Waals surface area (Å²) in [6.07, 6.45) is 12.1. The summed E-state index contributed by atoms with van der Waals surface area (Å²) in [4.78, 5) is 11.8. The fraction of sp³-hybridized carbons (Fsp3) is 0.833. The van der Waals surface area contributed by atoms with E-state index in [1.54, 1.807) is 13.2 Å². The van der Waals surface area contributed by atoms with Gasteiger partial charge in [0.15, 0.2) is 6.29 Å². The van der Waals surface area contributed by atoms with Crippen molar-refractivity contribution >= 4 is 5.97 Å². The van der Waals surface area contributed by atoms with Crippen LogP contribution < -0.4 is 0 Å². The van der Waals surface area contributed by atoms with Gasteiger partial charge in [0.25, 0.3) is 0 Å². The van der Waals surface area contributed by atoms with Crippen molar-refractivity contribution in [3.63, 3.8) is 0 Å². The number of carbonyl (C=O) groups is 1. The van der Waals surface area contributed by atoms with Crippen LogP contribution in [0.15, 0.2) is 23.3 Å². The Bertz CT molecular complexity index is 1050. The highest BCUT2D eigenvalue weighted by molar-refractivity contribution is 5.87. The number of cyclic esters (lactones) is 1. The largest absolute Gasteiger partial charge is 0.458 e. The number of carbonyl (C=O) groups excluding carboxylic acids is 1. The van der Waals surface area contributed by atoms with Gasteiger partial charge in [-0.3, -0.25) is 0 Å². The molecule has 7 heteroatoms. The van der Waals surface area contributed by atoms with Crippen molar-refractivity contribution in [2.75, 3.05) is 13.7 Å². The summed E-state index contributed by atoms with van der Waals surface area (Å²) in [6.45, 7) is 7.21. The normalized spacial score (nSPS) is 54.3. The number of hydrogen-bond donors (Lipinski definition) is 1. The van der Waals surface area contributed by atoms with E-state index in [1.807, 2.05) is 6.92 Å². The summed E-state index contributed by atoms with van der Waals surface area (Å²) < 4.78 is 30.3. The molecule has 3 saturated carbocycles. The molecular formula is C30H42O7. The highest BCUT2D eigenvalue weighted by Crippen LogP contribution is 2.80. The number of ether oxygens (including phenoxy) is 5. The van der Waals surface area contributed by atoms with Crippen LogP contribution >= 0.6 is 0 Å². The molecule has 7 rings (SSSR count). The van der Waals surface area contributed by atoms with Crippen LogP contribution in [0.2, 0.25) is 0 Å². The lowest BCUT2D eigenvalue weighted by Crippen LogP contribution is -2.58. The zero-order chi connectivity index (χ0) is 25.8. The molecule has 37 heavy (non-hydrogen) atoms. The summed E-state index contributed by atoms with van der Waals surface area (Å²) in [5.41, 5.74) is 2.43. The molecule has 4 aliphatic carbocycles. The van der Waals surface area contributed by atoms with Crippen LogP contribution in [-0.4, -0.2) is 66.7 Å². The van der Waals surface area contributed by atoms with Crippen molar-refractivity contribution < 1.29 is 33.6 Å². The van der Waals surface area contributed by atoms with Gasteiger partial charge in [0, 0.05) is 30.6 Å². The number of rotatable bonds is 4. The third-order valence-corrected chi connectivity index (χ3v) is 12.0. The van der Waals surface area contributed by atoms with Crippen molar-refractivity contribution in [1.82, 2.24) is 0 Å². The van der Waals surface area contributed by atoms with Crippen LogP contribution in [0, 0.1) is 22.7 Å². The average molecular weight is 515 g/mol. The maximum Gasteiger partial charge on any atom is 0.331 e. The molecule has 1 N–H and O–H groups in total. The number of hydrogen-bond acceptors (Lipinski definition) is 7. The monoisotopic (exact) mass is 514 g/mol. The number of aliphatic hydroxyl groups is 1. The molecule has 0 aromatic rings. The Kier molecular flexibility index (Phi) is 5.45. The van der Waals surface area contributed by atoms with E-state index in [2.05, 4.69) is 19.9 Å². The molecule has 11 atom stereocenters. The van der Waals surface area contributed by atoms with Crippen molar-refractivity contribution in [3.8, 4) is 0 Å². The van der Waals surface area contributed by atoms with Crippen LogP contribution in [-0.2, 0) is 28.5 Å². The number of methoxy groups -OCH3 is 1. The molecule has 3 aliphatic heterocycles. The minimum absolute atomic E-state index is 0.0367. The fourth-order valence-electron chi connectivity index (χ4n) is 10.00. The first-order valence-corrected chi connectivity index (χ1v) is 14.5.